The molecule has 2 fully saturated rings. The van der Waals surface area contributed by atoms with Crippen LogP contribution in [-0.2, 0) is 37.1 Å². The van der Waals surface area contributed by atoms with E-state index in [1.807, 2.05) is 79.3 Å². The summed E-state index contributed by atoms with van der Waals surface area (Å²) >= 11 is 0. The zero-order valence-corrected chi connectivity index (χ0v) is 57.6. The van der Waals surface area contributed by atoms with Crippen LogP contribution >= 0.6 is 0 Å². The van der Waals surface area contributed by atoms with Crippen LogP contribution in [0, 0.1) is 11.3 Å². The summed E-state index contributed by atoms with van der Waals surface area (Å²) in [6.45, 7) is 10.3. The molecule has 5 aromatic carbocycles. The number of aliphatic hydroxyl groups excluding tert-OH is 1. The van der Waals surface area contributed by atoms with Crippen molar-refractivity contribution >= 4 is 69.9 Å². The minimum absolute atomic E-state index is 0.0257. The number of fused-ring (bicyclic) bond motifs is 9. The molecule has 1 aliphatic carbocycles. The molecule has 7 amide bonds. The van der Waals surface area contributed by atoms with E-state index < -0.39 is 48.2 Å². The maximum absolute atomic E-state index is 14.5. The molecular weight excluding hydrogens is 1290 g/mol. The number of aliphatic hydroxyl groups is 1. The van der Waals surface area contributed by atoms with Crippen LogP contribution in [0.3, 0.4) is 0 Å². The third-order valence-corrected chi connectivity index (χ3v) is 19.6. The minimum atomic E-state index is -1.49. The van der Waals surface area contributed by atoms with Crippen LogP contribution in [0.4, 0.5) is 27.5 Å². The maximum atomic E-state index is 14.5. The molecule has 1 spiro atoms. The van der Waals surface area contributed by atoms with Crippen molar-refractivity contribution in [2.45, 2.75) is 129 Å². The number of hydrogen-bond acceptors (Lipinski definition) is 18. The molecular formula is C75H82N12O14. The van der Waals surface area contributed by atoms with Gasteiger partial charge in [-0.15, -0.1) is 5.10 Å². The molecule has 7 aromatic rings. The van der Waals surface area contributed by atoms with E-state index in [1.165, 1.54) is 33.3 Å². The van der Waals surface area contributed by atoms with Crippen LogP contribution in [0.2, 0.25) is 0 Å². The average Bonchev–Trinajstić information content (AvgIpc) is 1.57. The Kier molecular flexibility index (Phi) is 19.4. The third kappa shape index (κ3) is 13.9. The van der Waals surface area contributed by atoms with Gasteiger partial charge in [-0.1, -0.05) is 73.7 Å². The molecule has 5 atom stereocenters. The molecule has 1 saturated heterocycles. The minimum Gasteiger partial charge on any atom is -0.493 e. The molecule has 2 aromatic heterocycles. The fourth-order valence-corrected chi connectivity index (χ4v) is 13.9. The number of pyridine rings is 1. The van der Waals surface area contributed by atoms with Crippen molar-refractivity contribution in [2.75, 3.05) is 68.1 Å². The van der Waals surface area contributed by atoms with Crippen LogP contribution < -0.4 is 54.8 Å². The Morgan fingerprint density at radius 2 is 1.46 bits per heavy atom. The van der Waals surface area contributed by atoms with E-state index in [9.17, 15) is 38.7 Å². The van der Waals surface area contributed by atoms with Gasteiger partial charge in [0.2, 0.25) is 29.5 Å². The summed E-state index contributed by atoms with van der Waals surface area (Å²) < 4.78 is 37.1. The van der Waals surface area contributed by atoms with Gasteiger partial charge in [-0.2, -0.15) is 0 Å². The van der Waals surface area contributed by atoms with Crippen molar-refractivity contribution in [1.29, 1.82) is 0 Å². The lowest BCUT2D eigenvalue weighted by Gasteiger charge is -2.31. The summed E-state index contributed by atoms with van der Waals surface area (Å²) in [6, 6.07) is 29.1. The molecule has 5 N–H and O–H groups in total. The van der Waals surface area contributed by atoms with Crippen molar-refractivity contribution in [2.24, 2.45) is 11.3 Å². The van der Waals surface area contributed by atoms with E-state index in [0.717, 1.165) is 51.3 Å². The number of nitrogens with zero attached hydrogens (tertiary/aromatic N) is 8. The first kappa shape index (κ1) is 68.5. The molecule has 526 valence electrons. The summed E-state index contributed by atoms with van der Waals surface area (Å²) in [4.78, 5) is 109. The van der Waals surface area contributed by atoms with Gasteiger partial charge in [-0.05, 0) is 116 Å². The predicted octanol–water partition coefficient (Wildman–Crippen LogP) is 9.52. The Hall–Kier alpha value is -11.0. The lowest BCUT2D eigenvalue weighted by Crippen LogP contribution is -2.53. The molecule has 1 saturated carbocycles. The summed E-state index contributed by atoms with van der Waals surface area (Å²) in [5.74, 6) is -1.17. The number of ether oxygens (including phenoxy) is 6. The highest BCUT2D eigenvalue weighted by molar-refractivity contribution is 6.07. The number of rotatable bonds is 22. The van der Waals surface area contributed by atoms with E-state index in [2.05, 4.69) is 36.6 Å². The summed E-state index contributed by atoms with van der Waals surface area (Å²) in [5.41, 5.74) is 8.56. The number of amides is 7. The number of aromatic nitrogens is 4. The van der Waals surface area contributed by atoms with Gasteiger partial charge in [0.15, 0.2) is 29.2 Å². The molecule has 6 aliphatic rings. The first-order valence-corrected chi connectivity index (χ1v) is 34.1. The number of hydrogen-bond donors (Lipinski definition) is 5. The van der Waals surface area contributed by atoms with Crippen LogP contribution in [0.25, 0.3) is 28.1 Å². The normalized spacial score (nSPS) is 18.1. The smallest absolute Gasteiger partial charge is 0.416 e. The zero-order chi connectivity index (χ0) is 71.0. The van der Waals surface area contributed by atoms with Crippen molar-refractivity contribution in [1.82, 2.24) is 40.4 Å². The topological polar surface area (TPSA) is 300 Å². The van der Waals surface area contributed by atoms with Crippen molar-refractivity contribution in [3.05, 3.63) is 149 Å². The van der Waals surface area contributed by atoms with E-state index in [1.54, 1.807) is 84.3 Å². The van der Waals surface area contributed by atoms with E-state index in [4.69, 9.17) is 28.4 Å². The van der Waals surface area contributed by atoms with Gasteiger partial charge in [0.25, 0.3) is 11.8 Å². The van der Waals surface area contributed by atoms with Crippen LogP contribution in [0.5, 0.6) is 28.9 Å². The van der Waals surface area contributed by atoms with Gasteiger partial charge in [-0.3, -0.25) is 28.8 Å². The second-order valence-corrected chi connectivity index (χ2v) is 27.0. The number of benzene rings is 5. The average molecular weight is 1380 g/mol. The Labute approximate surface area is 584 Å². The SMILES string of the molecule is COc1ccc(C2=CN3C(=O)c4cc(OC)c(OCCCOc5cc6c(cc5OC)C(=O)N5CC7(CC7)C[C@H]5C(O)N6C(=O)OCc5ccc(NC(=O)[C@H](C)NC(=O)[C@@H](NC(=O)CCC(=O)N6Cc7ccccc7-c7c(nnn7C(C)C)-c7ccccc76)C(C)C)cc5)cc4NC[C@@H]3C2)cn1. The second kappa shape index (κ2) is 28.7. The first-order valence-electron chi connectivity index (χ1n) is 34.1. The Morgan fingerprint density at radius 3 is 2.15 bits per heavy atom. The standard InChI is InChI=1S/C75H82N12O14/c1-42(2)66(80-63(88)23-25-65(89)84-38-47-14-9-10-15-51(47)68-67(81-82-87(68)43(3)4)52-16-11-12-17-56(52)84)70(91)78-44(5)69(90)79-49-21-18-45(19-22-49)40-101-74(95)86-57-34-62(60(97-7)32-54(57)72(93)85-41-75(26-27-75)35-58(85)73(86)94)100-29-13-28-99-61-33-55-53(31-59(61)96-6)71(92)83-39-48(30-50(83)37-76-55)46-20-24-64(98-8)77-36-46/h9-12,14-22,24,31-34,36,39,42-44,50,58,66,73,76,94H,13,23,25-30,35,37-38,40-41H2,1-8H3,(H,78,91)(H,79,90)(H,80,88)/t44-,50-,58-,66-,73?/m0/s1. The van der Waals surface area contributed by atoms with E-state index in [-0.39, 0.29) is 103 Å². The van der Waals surface area contributed by atoms with Gasteiger partial charge in [-0.25, -0.2) is 19.4 Å². The van der Waals surface area contributed by atoms with Crippen molar-refractivity contribution in [3.8, 4) is 51.4 Å². The van der Waals surface area contributed by atoms with Gasteiger partial charge in [0, 0.05) is 85.8 Å². The first-order chi connectivity index (χ1) is 48.7. The lowest BCUT2D eigenvalue weighted by molar-refractivity contribution is -0.132. The third-order valence-electron chi connectivity index (χ3n) is 19.6. The van der Waals surface area contributed by atoms with E-state index >= 15 is 0 Å². The zero-order valence-electron chi connectivity index (χ0n) is 57.6. The number of para-hydroxylation sites is 1. The molecule has 26 nitrogen and oxygen atoms in total. The predicted molar refractivity (Wildman–Crippen MR) is 374 cm³/mol. The summed E-state index contributed by atoms with van der Waals surface area (Å²) in [6.07, 6.45) is 4.11. The quantitative estimate of drug-likeness (QED) is 0.0394. The fourth-order valence-electron chi connectivity index (χ4n) is 13.9. The Balaban J connectivity index is 0.612. The summed E-state index contributed by atoms with van der Waals surface area (Å²) in [7, 11) is 4.52. The highest BCUT2D eigenvalue weighted by Crippen LogP contribution is 2.57. The number of methoxy groups -OCH3 is 3. The molecule has 7 heterocycles. The van der Waals surface area contributed by atoms with Gasteiger partial charge in [0.05, 0.1) is 87.1 Å². The van der Waals surface area contributed by atoms with Gasteiger partial charge < -0.3 is 69.5 Å². The molecule has 1 unspecified atom stereocenters. The fraction of sp³-hybridized carbons (Fsp3) is 0.387. The second-order valence-electron chi connectivity index (χ2n) is 27.0. The highest BCUT2D eigenvalue weighted by Gasteiger charge is 2.58. The largest absolute Gasteiger partial charge is 0.493 e. The van der Waals surface area contributed by atoms with Gasteiger partial charge >= 0.3 is 6.09 Å². The molecule has 5 aliphatic heterocycles. The summed E-state index contributed by atoms with van der Waals surface area (Å²) in [5, 5.41) is 33.1. The van der Waals surface area contributed by atoms with Crippen LogP contribution in [0.1, 0.15) is 123 Å². The number of anilines is 4. The van der Waals surface area contributed by atoms with Crippen LogP contribution in [-0.4, -0.2) is 154 Å². The highest BCUT2D eigenvalue weighted by atomic mass is 16.6. The van der Waals surface area contributed by atoms with Crippen molar-refractivity contribution < 1.29 is 67.1 Å². The molecule has 26 heteroatoms. The molecule has 101 heavy (non-hydrogen) atoms. The number of carbonyl (C=O) groups excluding carboxylic acids is 7. The van der Waals surface area contributed by atoms with Crippen molar-refractivity contribution in [3.63, 3.8) is 0 Å². The Bertz CT molecular complexity index is 4400. The lowest BCUT2D eigenvalue weighted by atomic mass is 9.95. The number of carbonyl (C=O) groups is 7. The number of nitrogens with one attached hydrogen (secondary N) is 4. The van der Waals surface area contributed by atoms with Crippen LogP contribution in [0.15, 0.2) is 122 Å². The van der Waals surface area contributed by atoms with E-state index in [0.29, 0.717) is 83.6 Å². The molecule has 0 bridgehead atoms. The Morgan fingerprint density at radius 1 is 0.743 bits per heavy atom. The molecule has 13 rings (SSSR count). The van der Waals surface area contributed by atoms with Gasteiger partial charge in [0.1, 0.15) is 24.4 Å². The molecule has 0 radical (unpaired) electrons. The monoisotopic (exact) mass is 1370 g/mol. The maximum Gasteiger partial charge on any atom is 0.416 e.